The number of aromatic nitrogens is 1. The first-order chi connectivity index (χ1) is 16.2. The van der Waals surface area contributed by atoms with Crippen LogP contribution in [0.5, 0.6) is 0 Å². The Kier molecular flexibility index (Phi) is 4.98. The number of nitrogens with zero attached hydrogens (tertiary/aromatic N) is 1. The van der Waals surface area contributed by atoms with Crippen molar-refractivity contribution in [1.29, 1.82) is 0 Å². The molecule has 1 spiro atoms. The molecule has 0 bridgehead atoms. The van der Waals surface area contributed by atoms with E-state index in [1.807, 2.05) is 59.6 Å². The molecule has 2 aliphatic heterocycles. The number of benzene rings is 2. The number of hydrogen-bond donors (Lipinski definition) is 2. The molecular weight excluding hydrogens is 414 g/mol. The Bertz CT molecular complexity index is 1200. The molecule has 2 aromatic carbocycles. The zero-order chi connectivity index (χ0) is 22.4. The number of hydrogen-bond acceptors (Lipinski definition) is 3. The summed E-state index contributed by atoms with van der Waals surface area (Å²) in [5.41, 5.74) is 2.82. The zero-order valence-corrected chi connectivity index (χ0v) is 18.7. The van der Waals surface area contributed by atoms with E-state index in [-0.39, 0.29) is 17.9 Å². The number of anilines is 1. The van der Waals surface area contributed by atoms with Crippen LogP contribution in [0.1, 0.15) is 60.4 Å². The number of carbonyl (C=O) groups excluding carboxylic acids is 2. The van der Waals surface area contributed by atoms with Crippen molar-refractivity contribution < 1.29 is 14.3 Å². The van der Waals surface area contributed by atoms with E-state index in [9.17, 15) is 9.59 Å². The van der Waals surface area contributed by atoms with Gasteiger partial charge in [-0.3, -0.25) is 9.59 Å². The molecule has 3 aliphatic rings. The third kappa shape index (κ3) is 3.35. The summed E-state index contributed by atoms with van der Waals surface area (Å²) in [5.74, 6) is -0.401. The number of nitrogens with one attached hydrogen (secondary N) is 2. The quantitative estimate of drug-likeness (QED) is 0.606. The second-order valence-corrected chi connectivity index (χ2v) is 9.65. The maximum Gasteiger partial charge on any atom is 0.254 e. The molecule has 1 aromatic heterocycles. The van der Waals surface area contributed by atoms with Crippen molar-refractivity contribution in [1.82, 2.24) is 9.88 Å². The van der Waals surface area contributed by atoms with Gasteiger partial charge in [0.25, 0.3) is 5.91 Å². The van der Waals surface area contributed by atoms with E-state index in [0.29, 0.717) is 12.1 Å². The van der Waals surface area contributed by atoms with Crippen molar-refractivity contribution in [3.8, 4) is 0 Å². The van der Waals surface area contributed by atoms with E-state index < -0.39 is 11.5 Å². The average molecular weight is 444 g/mol. The van der Waals surface area contributed by atoms with Gasteiger partial charge in [0.2, 0.25) is 5.91 Å². The molecule has 1 saturated carbocycles. The first kappa shape index (κ1) is 20.5. The molecule has 0 radical (unpaired) electrons. The van der Waals surface area contributed by atoms with Crippen LogP contribution in [-0.2, 0) is 9.53 Å². The van der Waals surface area contributed by atoms with Crippen molar-refractivity contribution in [3.05, 3.63) is 65.9 Å². The van der Waals surface area contributed by atoms with Crippen LogP contribution >= 0.6 is 0 Å². The Labute approximate surface area is 193 Å². The highest BCUT2D eigenvalue weighted by Gasteiger charge is 2.56. The first-order valence-electron chi connectivity index (χ1n) is 12.1. The number of fused-ring (bicyclic) bond motifs is 2. The third-order valence-corrected chi connectivity index (χ3v) is 7.78. The standard InChI is InChI=1S/C27H29N3O3/c31-25(29-19-9-10-23-18(16-19)11-14-28-23)24-21-7-1-2-8-22(21)26(32)30(17-20-6-5-15-33-20)27(24)12-3-4-13-27/h1-2,7-11,14,16,20,24,28H,3-6,12-13,15,17H2,(H,29,31)/t20-,24-/m1/s1. The number of rotatable bonds is 4. The summed E-state index contributed by atoms with van der Waals surface area (Å²) in [6.07, 6.45) is 7.68. The van der Waals surface area contributed by atoms with Crippen LogP contribution in [0.4, 0.5) is 5.69 Å². The van der Waals surface area contributed by atoms with E-state index in [4.69, 9.17) is 4.74 Å². The zero-order valence-electron chi connectivity index (χ0n) is 18.7. The normalized spacial score (nSPS) is 23.9. The lowest BCUT2D eigenvalue weighted by atomic mass is 9.71. The fraction of sp³-hybridized carbons (Fsp3) is 0.407. The summed E-state index contributed by atoms with van der Waals surface area (Å²) in [4.78, 5) is 32.9. The lowest BCUT2D eigenvalue weighted by molar-refractivity contribution is -0.121. The summed E-state index contributed by atoms with van der Waals surface area (Å²) in [5, 5.41) is 4.25. The second-order valence-electron chi connectivity index (χ2n) is 9.65. The van der Waals surface area contributed by atoms with Crippen molar-refractivity contribution in [2.75, 3.05) is 18.5 Å². The van der Waals surface area contributed by atoms with Gasteiger partial charge in [0.1, 0.15) is 0 Å². The molecule has 0 unspecified atom stereocenters. The predicted octanol–water partition coefficient (Wildman–Crippen LogP) is 4.84. The Morgan fingerprint density at radius 3 is 2.79 bits per heavy atom. The Morgan fingerprint density at radius 2 is 1.97 bits per heavy atom. The highest BCUT2D eigenvalue weighted by molar-refractivity contribution is 6.05. The van der Waals surface area contributed by atoms with Crippen molar-refractivity contribution in [2.24, 2.45) is 0 Å². The summed E-state index contributed by atoms with van der Waals surface area (Å²) in [6, 6.07) is 15.6. The van der Waals surface area contributed by atoms with Crippen LogP contribution in [0, 0.1) is 0 Å². The van der Waals surface area contributed by atoms with E-state index >= 15 is 0 Å². The van der Waals surface area contributed by atoms with Gasteiger partial charge < -0.3 is 19.9 Å². The topological polar surface area (TPSA) is 74.4 Å². The molecule has 2 fully saturated rings. The SMILES string of the molecule is O=C(Nc1ccc2[nH]ccc2c1)[C@H]1c2ccccc2C(=O)N(C[C@H]2CCCO2)C12CCCC2. The fourth-order valence-corrected chi connectivity index (χ4v) is 6.27. The van der Waals surface area contributed by atoms with Gasteiger partial charge in [0, 0.05) is 41.5 Å². The number of carbonyl (C=O) groups is 2. The summed E-state index contributed by atoms with van der Waals surface area (Å²) in [7, 11) is 0. The van der Waals surface area contributed by atoms with Crippen LogP contribution < -0.4 is 5.32 Å². The molecule has 2 N–H and O–H groups in total. The molecule has 170 valence electrons. The third-order valence-electron chi connectivity index (χ3n) is 7.78. The van der Waals surface area contributed by atoms with Gasteiger partial charge in [0.05, 0.1) is 17.6 Å². The molecule has 6 nitrogen and oxygen atoms in total. The number of ether oxygens (including phenoxy) is 1. The Morgan fingerprint density at radius 1 is 1.12 bits per heavy atom. The van der Waals surface area contributed by atoms with Gasteiger partial charge >= 0.3 is 0 Å². The van der Waals surface area contributed by atoms with Crippen molar-refractivity contribution >= 4 is 28.4 Å². The largest absolute Gasteiger partial charge is 0.376 e. The van der Waals surface area contributed by atoms with Crippen molar-refractivity contribution in [2.45, 2.75) is 56.1 Å². The summed E-state index contributed by atoms with van der Waals surface area (Å²) in [6.45, 7) is 1.31. The molecule has 33 heavy (non-hydrogen) atoms. The van der Waals surface area contributed by atoms with Gasteiger partial charge in [-0.1, -0.05) is 31.0 Å². The van der Waals surface area contributed by atoms with Gasteiger partial charge in [0.15, 0.2) is 0 Å². The molecule has 6 rings (SSSR count). The van der Waals surface area contributed by atoms with E-state index in [1.54, 1.807) is 0 Å². The van der Waals surface area contributed by atoms with Gasteiger partial charge in [-0.2, -0.15) is 0 Å². The van der Waals surface area contributed by atoms with Crippen LogP contribution in [-0.4, -0.2) is 46.5 Å². The molecule has 1 aliphatic carbocycles. The molecule has 3 heterocycles. The molecule has 2 atom stereocenters. The van der Waals surface area contributed by atoms with E-state index in [0.717, 1.165) is 67.3 Å². The van der Waals surface area contributed by atoms with Crippen LogP contribution in [0.15, 0.2) is 54.7 Å². The minimum atomic E-state index is -0.500. The summed E-state index contributed by atoms with van der Waals surface area (Å²) < 4.78 is 5.92. The lowest BCUT2D eigenvalue weighted by Gasteiger charge is -2.50. The van der Waals surface area contributed by atoms with Crippen molar-refractivity contribution in [3.63, 3.8) is 0 Å². The number of aromatic amines is 1. The average Bonchev–Trinajstić information content (AvgIpc) is 3.59. The van der Waals surface area contributed by atoms with Crippen LogP contribution in [0.2, 0.25) is 0 Å². The molecule has 3 aromatic rings. The van der Waals surface area contributed by atoms with Gasteiger partial charge in [-0.05, 0) is 61.6 Å². The minimum Gasteiger partial charge on any atom is -0.376 e. The van der Waals surface area contributed by atoms with Crippen LogP contribution in [0.3, 0.4) is 0 Å². The van der Waals surface area contributed by atoms with Gasteiger partial charge in [-0.15, -0.1) is 0 Å². The minimum absolute atomic E-state index is 0.0379. The molecule has 2 amide bonds. The molecule has 1 saturated heterocycles. The highest BCUT2D eigenvalue weighted by Crippen LogP contribution is 2.51. The van der Waals surface area contributed by atoms with Gasteiger partial charge in [-0.25, -0.2) is 0 Å². The lowest BCUT2D eigenvalue weighted by Crippen LogP contribution is -2.61. The van der Waals surface area contributed by atoms with E-state index in [1.165, 1.54) is 0 Å². The number of H-pyrrole nitrogens is 1. The van der Waals surface area contributed by atoms with Crippen LogP contribution in [0.25, 0.3) is 10.9 Å². The predicted molar refractivity (Wildman–Crippen MR) is 127 cm³/mol. The Hall–Kier alpha value is -3.12. The Balaban J connectivity index is 1.41. The fourth-order valence-electron chi connectivity index (χ4n) is 6.27. The monoisotopic (exact) mass is 443 g/mol. The summed E-state index contributed by atoms with van der Waals surface area (Å²) >= 11 is 0. The first-order valence-corrected chi connectivity index (χ1v) is 12.1. The molecule has 6 heteroatoms. The van der Waals surface area contributed by atoms with E-state index in [2.05, 4.69) is 10.3 Å². The number of amides is 2. The smallest absolute Gasteiger partial charge is 0.254 e. The second kappa shape index (κ2) is 8.03. The molecular formula is C27H29N3O3. The maximum absolute atomic E-state index is 14.0. The highest BCUT2D eigenvalue weighted by atomic mass is 16.5. The maximum atomic E-state index is 14.0.